The number of anilines is 1. The van der Waals surface area contributed by atoms with Crippen LogP contribution in [0.25, 0.3) is 0 Å². The molecule has 1 atom stereocenters. The van der Waals surface area contributed by atoms with E-state index in [1.807, 2.05) is 18.2 Å². The Labute approximate surface area is 131 Å². The Bertz CT molecular complexity index is 726. The molecule has 0 saturated carbocycles. The topological polar surface area (TPSA) is 72.2 Å². The molecule has 1 heterocycles. The van der Waals surface area contributed by atoms with Crippen LogP contribution in [0.4, 0.5) is 5.69 Å². The lowest BCUT2D eigenvalue weighted by Crippen LogP contribution is -2.27. The van der Waals surface area contributed by atoms with Crippen molar-refractivity contribution in [2.24, 2.45) is 0 Å². The van der Waals surface area contributed by atoms with Crippen LogP contribution in [-0.2, 0) is 10.0 Å². The number of aryl methyl sites for hydroxylation is 1. The highest BCUT2D eigenvalue weighted by Gasteiger charge is 2.23. The average Bonchev–Trinajstić information content (AvgIpc) is 2.69. The number of hydrogen-bond donors (Lipinski definition) is 2. The van der Waals surface area contributed by atoms with Crippen molar-refractivity contribution >= 4 is 43.0 Å². The fourth-order valence-electron chi connectivity index (χ4n) is 1.96. The molecule has 0 aliphatic heterocycles. The van der Waals surface area contributed by atoms with Crippen LogP contribution in [0.1, 0.15) is 23.4 Å². The molecule has 0 amide bonds. The van der Waals surface area contributed by atoms with Crippen molar-refractivity contribution < 1.29 is 8.42 Å². The summed E-state index contributed by atoms with van der Waals surface area (Å²) in [6.45, 7) is 3.56. The molecule has 20 heavy (non-hydrogen) atoms. The molecular formula is C13H15BrN2O2S2. The number of benzene rings is 1. The first-order valence-electron chi connectivity index (χ1n) is 5.94. The summed E-state index contributed by atoms with van der Waals surface area (Å²) in [5, 5.41) is 0. The van der Waals surface area contributed by atoms with Gasteiger partial charge >= 0.3 is 0 Å². The van der Waals surface area contributed by atoms with E-state index in [-0.39, 0.29) is 6.04 Å². The molecule has 0 bridgehead atoms. The van der Waals surface area contributed by atoms with Gasteiger partial charge in [0.2, 0.25) is 10.0 Å². The van der Waals surface area contributed by atoms with Crippen molar-refractivity contribution in [1.82, 2.24) is 4.72 Å². The third-order valence-electron chi connectivity index (χ3n) is 2.93. The van der Waals surface area contributed by atoms with Crippen molar-refractivity contribution in [3.05, 3.63) is 44.6 Å². The first-order chi connectivity index (χ1) is 9.31. The molecule has 0 fully saturated rings. The molecule has 2 rings (SSSR count). The van der Waals surface area contributed by atoms with E-state index in [0.717, 1.165) is 14.2 Å². The zero-order valence-corrected chi connectivity index (χ0v) is 14.3. The summed E-state index contributed by atoms with van der Waals surface area (Å²) < 4.78 is 28.2. The first kappa shape index (κ1) is 15.5. The smallest absolute Gasteiger partial charge is 0.242 e. The summed E-state index contributed by atoms with van der Waals surface area (Å²) in [5.74, 6) is 0. The average molecular weight is 375 g/mol. The molecule has 1 aromatic carbocycles. The van der Waals surface area contributed by atoms with Gasteiger partial charge in [0, 0.05) is 16.6 Å². The van der Waals surface area contributed by atoms with Crippen LogP contribution >= 0.6 is 27.3 Å². The second kappa shape index (κ2) is 5.85. The largest absolute Gasteiger partial charge is 0.398 e. The van der Waals surface area contributed by atoms with E-state index in [9.17, 15) is 8.42 Å². The van der Waals surface area contributed by atoms with Crippen LogP contribution < -0.4 is 10.5 Å². The van der Waals surface area contributed by atoms with Crippen molar-refractivity contribution in [3.8, 4) is 0 Å². The maximum absolute atomic E-state index is 12.4. The Hall–Kier alpha value is -0.890. The van der Waals surface area contributed by atoms with Gasteiger partial charge in [-0.2, -0.15) is 0 Å². The van der Waals surface area contributed by atoms with Gasteiger partial charge in [0.15, 0.2) is 0 Å². The zero-order chi connectivity index (χ0) is 14.9. The van der Waals surface area contributed by atoms with Gasteiger partial charge < -0.3 is 5.73 Å². The van der Waals surface area contributed by atoms with E-state index < -0.39 is 10.0 Å². The van der Waals surface area contributed by atoms with Gasteiger partial charge in [-0.1, -0.05) is 18.2 Å². The van der Waals surface area contributed by atoms with Gasteiger partial charge in [0.05, 0.1) is 8.68 Å². The molecule has 0 aliphatic rings. The second-order valence-corrected chi connectivity index (χ2v) is 8.76. The molecule has 0 spiro atoms. The number of halogens is 1. The van der Waals surface area contributed by atoms with Crippen molar-refractivity contribution in [2.75, 3.05) is 5.73 Å². The lowest BCUT2D eigenvalue weighted by atomic mass is 10.1. The van der Waals surface area contributed by atoms with Crippen molar-refractivity contribution in [2.45, 2.75) is 24.8 Å². The zero-order valence-electron chi connectivity index (χ0n) is 11.1. The Morgan fingerprint density at radius 2 is 2.00 bits per heavy atom. The molecule has 7 heteroatoms. The number of nitrogens with two attached hydrogens (primary N) is 1. The molecule has 0 radical (unpaired) electrons. The summed E-state index contributed by atoms with van der Waals surface area (Å²) in [4.78, 5) is 1.05. The Kier molecular flexibility index (Phi) is 4.53. The van der Waals surface area contributed by atoms with Gasteiger partial charge in [-0.25, -0.2) is 13.1 Å². The number of hydrogen-bond acceptors (Lipinski definition) is 4. The van der Waals surface area contributed by atoms with E-state index in [4.69, 9.17) is 5.73 Å². The van der Waals surface area contributed by atoms with Gasteiger partial charge in [-0.05, 0) is 47.5 Å². The number of rotatable bonds is 4. The van der Waals surface area contributed by atoms with Crippen molar-refractivity contribution in [1.29, 1.82) is 0 Å². The molecule has 2 aromatic rings. The van der Waals surface area contributed by atoms with Crippen LogP contribution in [0.15, 0.2) is 39.0 Å². The van der Waals surface area contributed by atoms with Gasteiger partial charge in [-0.3, -0.25) is 0 Å². The highest BCUT2D eigenvalue weighted by molar-refractivity contribution is 9.11. The van der Waals surface area contributed by atoms with Crippen LogP contribution in [0.5, 0.6) is 0 Å². The number of nitrogens with one attached hydrogen (secondary N) is 1. The van der Waals surface area contributed by atoms with E-state index in [1.54, 1.807) is 26.0 Å². The predicted molar refractivity (Wildman–Crippen MR) is 86.3 cm³/mol. The standard InChI is InChI=1S/C13H15BrN2O2S2/c1-8(10-5-3-4-6-11(10)15)16-20(17,18)12-7-13(14)19-9(12)2/h3-8,16H,15H2,1-2H3. The molecule has 4 nitrogen and oxygen atoms in total. The van der Waals surface area contributed by atoms with Crippen LogP contribution in [0.2, 0.25) is 0 Å². The third kappa shape index (κ3) is 3.22. The SMILES string of the molecule is Cc1sc(Br)cc1S(=O)(=O)NC(C)c1ccccc1N. The van der Waals surface area contributed by atoms with Gasteiger partial charge in [0.25, 0.3) is 0 Å². The molecule has 1 aromatic heterocycles. The maximum Gasteiger partial charge on any atom is 0.242 e. The Morgan fingerprint density at radius 3 is 2.55 bits per heavy atom. The molecule has 108 valence electrons. The fraction of sp³-hybridized carbons (Fsp3) is 0.231. The van der Waals surface area contributed by atoms with Crippen molar-refractivity contribution in [3.63, 3.8) is 0 Å². The number of para-hydroxylation sites is 1. The van der Waals surface area contributed by atoms with Crippen LogP contribution in [0, 0.1) is 6.92 Å². The van der Waals surface area contributed by atoms with E-state index >= 15 is 0 Å². The minimum atomic E-state index is -3.56. The van der Waals surface area contributed by atoms with Gasteiger partial charge in [-0.15, -0.1) is 11.3 Å². The highest BCUT2D eigenvalue weighted by Crippen LogP contribution is 2.30. The molecule has 3 N–H and O–H groups in total. The lowest BCUT2D eigenvalue weighted by molar-refractivity contribution is 0.567. The number of nitrogen functional groups attached to an aromatic ring is 1. The quantitative estimate of drug-likeness (QED) is 0.805. The summed E-state index contributed by atoms with van der Waals surface area (Å²) in [6.07, 6.45) is 0. The summed E-state index contributed by atoms with van der Waals surface area (Å²) in [6, 6.07) is 8.46. The van der Waals surface area contributed by atoms with Crippen LogP contribution in [-0.4, -0.2) is 8.42 Å². The number of thiophene rings is 1. The van der Waals surface area contributed by atoms with E-state index in [2.05, 4.69) is 20.7 Å². The van der Waals surface area contributed by atoms with E-state index in [1.165, 1.54) is 11.3 Å². The monoisotopic (exact) mass is 374 g/mol. The van der Waals surface area contributed by atoms with Gasteiger partial charge in [0.1, 0.15) is 0 Å². The predicted octanol–water partition coefficient (Wildman–Crippen LogP) is 3.44. The highest BCUT2D eigenvalue weighted by atomic mass is 79.9. The number of sulfonamides is 1. The Balaban J connectivity index is 2.29. The summed E-state index contributed by atoms with van der Waals surface area (Å²) >= 11 is 4.70. The molecule has 0 aliphatic carbocycles. The summed E-state index contributed by atoms with van der Waals surface area (Å²) in [7, 11) is -3.56. The molecule has 1 unspecified atom stereocenters. The normalized spacial score (nSPS) is 13.3. The second-order valence-electron chi connectivity index (χ2n) is 4.44. The minimum absolute atomic E-state index is 0.302. The third-order valence-corrected chi connectivity index (χ3v) is 6.28. The van der Waals surface area contributed by atoms with Crippen LogP contribution in [0.3, 0.4) is 0 Å². The summed E-state index contributed by atoms with van der Waals surface area (Å²) in [5.41, 5.74) is 7.21. The minimum Gasteiger partial charge on any atom is -0.398 e. The molecular weight excluding hydrogens is 360 g/mol. The fourth-order valence-corrected chi connectivity index (χ4v) is 5.60. The first-order valence-corrected chi connectivity index (χ1v) is 9.03. The maximum atomic E-state index is 12.4. The Morgan fingerprint density at radius 1 is 1.35 bits per heavy atom. The molecule has 0 saturated heterocycles. The van der Waals surface area contributed by atoms with E-state index in [0.29, 0.717) is 10.6 Å². The lowest BCUT2D eigenvalue weighted by Gasteiger charge is -2.16.